The van der Waals surface area contributed by atoms with Gasteiger partial charge in [0.25, 0.3) is 0 Å². The summed E-state index contributed by atoms with van der Waals surface area (Å²) < 4.78 is 6.34. The molecule has 1 aliphatic carbocycles. The van der Waals surface area contributed by atoms with Gasteiger partial charge in [0.2, 0.25) is 0 Å². The van der Waals surface area contributed by atoms with Crippen LogP contribution < -0.4 is 4.74 Å². The molecule has 2 aliphatic rings. The Kier molecular flexibility index (Phi) is 3.53. The van der Waals surface area contributed by atoms with Gasteiger partial charge in [-0.15, -0.1) is 0 Å². The van der Waals surface area contributed by atoms with E-state index in [1.165, 1.54) is 25.7 Å². The molecule has 19 heavy (non-hydrogen) atoms. The molecular formula is C17H24O2. The average molecular weight is 260 g/mol. The van der Waals surface area contributed by atoms with E-state index in [2.05, 4.69) is 6.92 Å². The lowest BCUT2D eigenvalue weighted by Crippen LogP contribution is -2.40. The topological polar surface area (TPSA) is 29.5 Å². The largest absolute Gasteiger partial charge is 0.487 e. The molecule has 1 spiro atoms. The molecule has 3 atom stereocenters. The number of rotatable bonds is 1. The molecule has 2 unspecified atom stereocenters. The number of benzene rings is 1. The van der Waals surface area contributed by atoms with Crippen LogP contribution in [0.2, 0.25) is 0 Å². The highest BCUT2D eigenvalue weighted by atomic mass is 16.5. The molecular weight excluding hydrogens is 236 g/mol. The van der Waals surface area contributed by atoms with Gasteiger partial charge in [0, 0.05) is 12.0 Å². The molecule has 3 rings (SSSR count). The molecule has 1 saturated carbocycles. The average Bonchev–Trinajstić information content (AvgIpc) is 2.61. The lowest BCUT2D eigenvalue weighted by Gasteiger charge is -2.40. The summed E-state index contributed by atoms with van der Waals surface area (Å²) in [6.07, 6.45) is 7.66. The van der Waals surface area contributed by atoms with Crippen molar-refractivity contribution in [3.8, 4) is 5.75 Å². The van der Waals surface area contributed by atoms with Crippen LogP contribution in [0, 0.1) is 5.92 Å². The second-order valence-corrected chi connectivity index (χ2v) is 6.25. The highest BCUT2D eigenvalue weighted by Gasteiger charge is 2.41. The van der Waals surface area contributed by atoms with Crippen LogP contribution in [0.5, 0.6) is 5.75 Å². The summed E-state index contributed by atoms with van der Waals surface area (Å²) in [5.41, 5.74) is 0.849. The van der Waals surface area contributed by atoms with Gasteiger partial charge in [-0.3, -0.25) is 0 Å². The minimum Gasteiger partial charge on any atom is -0.487 e. The zero-order valence-corrected chi connectivity index (χ0v) is 11.8. The van der Waals surface area contributed by atoms with E-state index in [9.17, 15) is 5.11 Å². The predicted molar refractivity (Wildman–Crippen MR) is 76.2 cm³/mol. The first-order chi connectivity index (χ1) is 9.22. The minimum atomic E-state index is -0.358. The van der Waals surface area contributed by atoms with Crippen LogP contribution in [0.3, 0.4) is 0 Å². The molecule has 1 aromatic carbocycles. The predicted octanol–water partition coefficient (Wildman–Crippen LogP) is 4.23. The Morgan fingerprint density at radius 1 is 1.26 bits per heavy atom. The van der Waals surface area contributed by atoms with Crippen molar-refractivity contribution in [2.45, 2.75) is 63.6 Å². The van der Waals surface area contributed by atoms with Crippen molar-refractivity contribution in [1.29, 1.82) is 0 Å². The highest BCUT2D eigenvalue weighted by Crippen LogP contribution is 2.46. The normalized spacial score (nSPS) is 34.4. The van der Waals surface area contributed by atoms with E-state index >= 15 is 0 Å². The second kappa shape index (κ2) is 5.16. The Bertz CT molecular complexity index is 443. The Morgan fingerprint density at radius 2 is 2.11 bits per heavy atom. The summed E-state index contributed by atoms with van der Waals surface area (Å²) in [6.45, 7) is 2.29. The maximum atomic E-state index is 10.4. The number of aliphatic hydroxyl groups excluding tert-OH is 1. The van der Waals surface area contributed by atoms with Crippen molar-refractivity contribution in [2.75, 3.05) is 0 Å². The van der Waals surface area contributed by atoms with E-state index in [4.69, 9.17) is 4.74 Å². The van der Waals surface area contributed by atoms with Crippen molar-refractivity contribution in [2.24, 2.45) is 5.92 Å². The molecule has 1 aliphatic heterocycles. The molecule has 0 saturated heterocycles. The third kappa shape index (κ3) is 2.51. The van der Waals surface area contributed by atoms with Crippen molar-refractivity contribution < 1.29 is 9.84 Å². The highest BCUT2D eigenvalue weighted by molar-refractivity contribution is 5.38. The zero-order chi connectivity index (χ0) is 13.3. The fourth-order valence-electron chi connectivity index (χ4n) is 3.75. The van der Waals surface area contributed by atoms with Gasteiger partial charge in [0.05, 0.1) is 6.10 Å². The van der Waals surface area contributed by atoms with Gasteiger partial charge >= 0.3 is 0 Å². The summed E-state index contributed by atoms with van der Waals surface area (Å²) in [7, 11) is 0. The quantitative estimate of drug-likeness (QED) is 0.818. The van der Waals surface area contributed by atoms with E-state index in [0.717, 1.165) is 36.5 Å². The third-order valence-corrected chi connectivity index (χ3v) is 5.00. The molecule has 1 fully saturated rings. The Balaban J connectivity index is 1.83. The fraction of sp³-hybridized carbons (Fsp3) is 0.647. The smallest absolute Gasteiger partial charge is 0.125 e. The van der Waals surface area contributed by atoms with Crippen molar-refractivity contribution in [3.63, 3.8) is 0 Å². The molecule has 1 aromatic rings. The zero-order valence-electron chi connectivity index (χ0n) is 11.8. The number of hydrogen-bond donors (Lipinski definition) is 1. The maximum absolute atomic E-state index is 10.4. The van der Waals surface area contributed by atoms with E-state index < -0.39 is 0 Å². The SMILES string of the molecule is CCC1CCCC2(CC1)C[C@H](O)c1ccccc1O2. The van der Waals surface area contributed by atoms with Gasteiger partial charge in [-0.05, 0) is 37.7 Å². The molecule has 0 radical (unpaired) electrons. The molecule has 0 amide bonds. The van der Waals surface area contributed by atoms with Gasteiger partial charge in [-0.1, -0.05) is 38.0 Å². The molecule has 2 nitrogen and oxygen atoms in total. The van der Waals surface area contributed by atoms with Crippen molar-refractivity contribution in [3.05, 3.63) is 29.8 Å². The van der Waals surface area contributed by atoms with E-state index in [0.29, 0.717) is 0 Å². The molecule has 0 bridgehead atoms. The third-order valence-electron chi connectivity index (χ3n) is 5.00. The van der Waals surface area contributed by atoms with Crippen LogP contribution in [0.4, 0.5) is 0 Å². The summed E-state index contributed by atoms with van der Waals surface area (Å²) in [5.74, 6) is 1.74. The van der Waals surface area contributed by atoms with Crippen LogP contribution in [0.1, 0.15) is 63.5 Å². The van der Waals surface area contributed by atoms with Gasteiger partial charge in [-0.2, -0.15) is 0 Å². The Hall–Kier alpha value is -1.02. The monoisotopic (exact) mass is 260 g/mol. The first kappa shape index (κ1) is 13.0. The Labute approximate surface area is 115 Å². The minimum absolute atomic E-state index is 0.113. The van der Waals surface area contributed by atoms with Crippen LogP contribution in [0.15, 0.2) is 24.3 Å². The number of hydrogen-bond acceptors (Lipinski definition) is 2. The maximum Gasteiger partial charge on any atom is 0.125 e. The molecule has 2 heteroatoms. The molecule has 1 heterocycles. The van der Waals surface area contributed by atoms with E-state index in [1.54, 1.807) is 0 Å². The first-order valence-corrected chi connectivity index (χ1v) is 7.68. The van der Waals surface area contributed by atoms with Gasteiger partial charge < -0.3 is 9.84 Å². The standard InChI is InChI=1S/C17H24O2/c1-2-13-6-5-10-17(11-9-13)12-15(18)14-7-3-4-8-16(14)19-17/h3-4,7-8,13,15,18H,2,5-6,9-12H2,1H3/t13?,15-,17?/m0/s1. The van der Waals surface area contributed by atoms with Crippen molar-refractivity contribution >= 4 is 0 Å². The summed E-state index contributed by atoms with van der Waals surface area (Å²) >= 11 is 0. The summed E-state index contributed by atoms with van der Waals surface area (Å²) in [4.78, 5) is 0. The second-order valence-electron chi connectivity index (χ2n) is 6.25. The van der Waals surface area contributed by atoms with Gasteiger partial charge in [0.15, 0.2) is 0 Å². The van der Waals surface area contributed by atoms with Crippen LogP contribution in [-0.2, 0) is 0 Å². The first-order valence-electron chi connectivity index (χ1n) is 7.68. The molecule has 1 N–H and O–H groups in total. The number of ether oxygens (including phenoxy) is 1. The van der Waals surface area contributed by atoms with Gasteiger partial charge in [-0.25, -0.2) is 0 Å². The van der Waals surface area contributed by atoms with Crippen LogP contribution in [0.25, 0.3) is 0 Å². The number of aliphatic hydroxyl groups is 1. The van der Waals surface area contributed by atoms with Crippen LogP contribution >= 0.6 is 0 Å². The fourth-order valence-corrected chi connectivity index (χ4v) is 3.75. The molecule has 104 valence electrons. The molecule has 0 aromatic heterocycles. The Morgan fingerprint density at radius 3 is 2.95 bits per heavy atom. The lowest BCUT2D eigenvalue weighted by molar-refractivity contribution is -0.0251. The van der Waals surface area contributed by atoms with Crippen LogP contribution in [-0.4, -0.2) is 10.7 Å². The van der Waals surface area contributed by atoms with E-state index in [-0.39, 0.29) is 11.7 Å². The lowest BCUT2D eigenvalue weighted by atomic mass is 9.83. The number of para-hydroxylation sites is 1. The van der Waals surface area contributed by atoms with E-state index in [1.807, 2.05) is 24.3 Å². The summed E-state index contributed by atoms with van der Waals surface area (Å²) in [5, 5.41) is 10.4. The van der Waals surface area contributed by atoms with Crippen molar-refractivity contribution in [1.82, 2.24) is 0 Å². The van der Waals surface area contributed by atoms with Gasteiger partial charge in [0.1, 0.15) is 11.4 Å². The number of fused-ring (bicyclic) bond motifs is 1. The summed E-state index contributed by atoms with van der Waals surface area (Å²) in [6, 6.07) is 7.96.